The number of hydrogen-bond acceptors (Lipinski definition) is 10. The second-order valence-electron chi connectivity index (χ2n) is 10.9. The van der Waals surface area contributed by atoms with Crippen LogP contribution in [0.4, 0.5) is 0 Å². The molecule has 3 fully saturated rings. The molecule has 0 amide bonds. The molecular weight excluding hydrogens is 494 g/mol. The lowest BCUT2D eigenvalue weighted by Crippen LogP contribution is -2.67. The van der Waals surface area contributed by atoms with Gasteiger partial charge in [-0.1, -0.05) is 26.0 Å². The molecule has 4 rings (SSSR count). The zero-order chi connectivity index (χ0) is 27.6. The Bertz CT molecular complexity index is 947. The van der Waals surface area contributed by atoms with Crippen LogP contribution < -0.4 is 4.74 Å². The molecule has 3 aliphatic rings. The molecule has 0 bridgehead atoms. The lowest BCUT2D eigenvalue weighted by molar-refractivity contribution is -0.346. The zero-order valence-corrected chi connectivity index (χ0v) is 23.3. The molecular formula is C28H41NO9. The van der Waals surface area contributed by atoms with Crippen molar-refractivity contribution >= 4 is 11.9 Å². The van der Waals surface area contributed by atoms with Crippen molar-refractivity contribution in [1.82, 2.24) is 5.06 Å². The van der Waals surface area contributed by atoms with Gasteiger partial charge in [0.15, 0.2) is 18.0 Å². The van der Waals surface area contributed by atoms with Crippen LogP contribution in [0.15, 0.2) is 24.3 Å². The van der Waals surface area contributed by atoms with E-state index in [1.54, 1.807) is 0 Å². The van der Waals surface area contributed by atoms with E-state index in [1.807, 2.05) is 12.1 Å². The average Bonchev–Trinajstić information content (AvgIpc) is 3.68. The van der Waals surface area contributed by atoms with Crippen molar-refractivity contribution in [1.29, 1.82) is 0 Å². The van der Waals surface area contributed by atoms with Crippen LogP contribution in [0.25, 0.3) is 0 Å². The molecule has 3 saturated heterocycles. The summed E-state index contributed by atoms with van der Waals surface area (Å²) in [5.74, 6) is -1.65. The normalized spacial score (nSPS) is 29.7. The van der Waals surface area contributed by atoms with Crippen molar-refractivity contribution in [2.75, 3.05) is 34.0 Å². The smallest absolute Gasteiger partial charge is 0.338 e. The Kier molecular flexibility index (Phi) is 8.68. The molecule has 10 heteroatoms. The third kappa shape index (κ3) is 5.99. The first kappa shape index (κ1) is 28.8. The molecule has 3 unspecified atom stereocenters. The first-order chi connectivity index (χ1) is 18.1. The van der Waals surface area contributed by atoms with E-state index in [2.05, 4.69) is 44.9 Å². The van der Waals surface area contributed by atoms with Crippen molar-refractivity contribution in [2.24, 2.45) is 0 Å². The zero-order valence-electron chi connectivity index (χ0n) is 23.3. The first-order valence-electron chi connectivity index (χ1n) is 13.4. The van der Waals surface area contributed by atoms with Crippen molar-refractivity contribution < 1.29 is 42.8 Å². The van der Waals surface area contributed by atoms with Gasteiger partial charge < -0.3 is 28.4 Å². The van der Waals surface area contributed by atoms with Gasteiger partial charge in [0.1, 0.15) is 18.5 Å². The predicted molar refractivity (Wildman–Crippen MR) is 136 cm³/mol. The summed E-state index contributed by atoms with van der Waals surface area (Å²) in [7, 11) is 2.52. The predicted octanol–water partition coefficient (Wildman–Crippen LogP) is 3.20. The lowest BCUT2D eigenvalue weighted by atomic mass is 9.73. The molecule has 0 aliphatic carbocycles. The largest absolute Gasteiger partial charge is 0.491 e. The highest BCUT2D eigenvalue weighted by atomic mass is 16.8. The summed E-state index contributed by atoms with van der Waals surface area (Å²) in [5.41, 5.74) is 0.170. The minimum atomic E-state index is -1.19. The van der Waals surface area contributed by atoms with Crippen LogP contribution in [-0.2, 0) is 44.5 Å². The Morgan fingerprint density at radius 1 is 0.974 bits per heavy atom. The van der Waals surface area contributed by atoms with Gasteiger partial charge in [0.2, 0.25) is 0 Å². The molecule has 0 saturated carbocycles. The molecule has 38 heavy (non-hydrogen) atoms. The molecule has 212 valence electrons. The minimum Gasteiger partial charge on any atom is -0.491 e. The molecule has 0 aromatic heterocycles. The highest BCUT2D eigenvalue weighted by molar-refractivity contribution is 5.86. The fraction of sp³-hybridized carbons (Fsp3) is 0.714. The first-order valence-corrected chi connectivity index (χ1v) is 13.4. The second-order valence-corrected chi connectivity index (χ2v) is 10.9. The summed E-state index contributed by atoms with van der Waals surface area (Å²) in [6.45, 7) is 10.2. The minimum absolute atomic E-state index is 0.227. The number of benzene rings is 1. The van der Waals surface area contributed by atoms with E-state index in [0.29, 0.717) is 26.1 Å². The Hall–Kier alpha value is -2.24. The number of carbonyl (C=O) groups excluding carboxylic acids is 2. The van der Waals surface area contributed by atoms with Crippen LogP contribution in [0, 0.1) is 0 Å². The Morgan fingerprint density at radius 2 is 1.55 bits per heavy atom. The molecule has 0 N–H and O–H groups in total. The quantitative estimate of drug-likeness (QED) is 0.310. The van der Waals surface area contributed by atoms with Crippen LogP contribution in [0.1, 0.15) is 58.9 Å². The van der Waals surface area contributed by atoms with Gasteiger partial charge in [-0.25, -0.2) is 9.59 Å². The van der Waals surface area contributed by atoms with Gasteiger partial charge in [0, 0.05) is 18.4 Å². The number of hydrogen-bond donors (Lipinski definition) is 0. The molecule has 3 atom stereocenters. The molecule has 3 aliphatic heterocycles. The van der Waals surface area contributed by atoms with E-state index in [9.17, 15) is 9.59 Å². The van der Waals surface area contributed by atoms with Gasteiger partial charge in [-0.2, -0.15) is 5.06 Å². The van der Waals surface area contributed by atoms with E-state index in [4.69, 9.17) is 33.3 Å². The number of methoxy groups -OCH3 is 2. The van der Waals surface area contributed by atoms with E-state index in [0.717, 1.165) is 37.2 Å². The summed E-state index contributed by atoms with van der Waals surface area (Å²) in [6.07, 6.45) is 0.901. The van der Waals surface area contributed by atoms with Crippen LogP contribution >= 0.6 is 0 Å². The van der Waals surface area contributed by atoms with Gasteiger partial charge in [-0.3, -0.25) is 4.84 Å². The van der Waals surface area contributed by atoms with Gasteiger partial charge in [-0.15, -0.1) is 0 Å². The maximum absolute atomic E-state index is 12.5. The molecule has 10 nitrogen and oxygen atoms in total. The highest BCUT2D eigenvalue weighted by Gasteiger charge is 2.64. The summed E-state index contributed by atoms with van der Waals surface area (Å²) in [5, 5.41) is 2.09. The van der Waals surface area contributed by atoms with E-state index in [-0.39, 0.29) is 6.10 Å². The number of esters is 2. The van der Waals surface area contributed by atoms with E-state index in [1.165, 1.54) is 14.2 Å². The van der Waals surface area contributed by atoms with Gasteiger partial charge in [0.05, 0.1) is 33.0 Å². The van der Waals surface area contributed by atoms with Crippen LogP contribution in [0.3, 0.4) is 0 Å². The summed E-state index contributed by atoms with van der Waals surface area (Å²) in [6, 6.07) is 8.05. The van der Waals surface area contributed by atoms with Gasteiger partial charge in [-0.05, 0) is 50.8 Å². The third-order valence-electron chi connectivity index (χ3n) is 7.80. The lowest BCUT2D eigenvalue weighted by Gasteiger charge is -2.58. The molecule has 3 heterocycles. The fourth-order valence-corrected chi connectivity index (χ4v) is 5.82. The standard InChI is InChI=1S/C28H41NO9/c1-7-27(8-2)18-28(37-22(24(30)32-5)23(38-28)25(31)33-6)17-26(3,4)29(27)36-14-13-19-9-11-20(12-10-19)34-15-21-16-35-21/h9-12,21-23H,7-8,13-18H2,1-6H3. The summed E-state index contributed by atoms with van der Waals surface area (Å²) in [4.78, 5) is 31.5. The average molecular weight is 536 g/mol. The molecule has 1 aromatic rings. The monoisotopic (exact) mass is 535 g/mol. The number of rotatable bonds is 11. The number of carbonyl (C=O) groups is 2. The van der Waals surface area contributed by atoms with Crippen LogP contribution in [0.2, 0.25) is 0 Å². The summed E-state index contributed by atoms with van der Waals surface area (Å²) < 4.78 is 33.2. The maximum Gasteiger partial charge on any atom is 0.338 e. The molecule has 1 spiro atoms. The Labute approximate surface area is 224 Å². The number of piperidine rings is 1. The second kappa shape index (κ2) is 11.5. The van der Waals surface area contributed by atoms with Crippen LogP contribution in [-0.4, -0.2) is 86.2 Å². The number of nitrogens with zero attached hydrogens (tertiary/aromatic N) is 1. The molecule has 1 aromatic carbocycles. The van der Waals surface area contributed by atoms with Crippen molar-refractivity contribution in [3.63, 3.8) is 0 Å². The van der Waals surface area contributed by atoms with E-state index >= 15 is 0 Å². The SMILES string of the molecule is CCC1(CC)CC2(CC(C)(C)N1OCCc1ccc(OCC3CO3)cc1)OC(C(=O)OC)C(C(=O)OC)O2. The number of ether oxygens (including phenoxy) is 6. The number of hydroxylamine groups is 2. The fourth-order valence-electron chi connectivity index (χ4n) is 5.82. The van der Waals surface area contributed by atoms with Crippen molar-refractivity contribution in [2.45, 2.75) is 95.0 Å². The Morgan fingerprint density at radius 3 is 2.05 bits per heavy atom. The topological polar surface area (TPSA) is 105 Å². The Balaban J connectivity index is 1.45. The molecule has 0 radical (unpaired) electrons. The van der Waals surface area contributed by atoms with Crippen LogP contribution in [0.5, 0.6) is 5.75 Å². The van der Waals surface area contributed by atoms with Crippen molar-refractivity contribution in [3.05, 3.63) is 29.8 Å². The number of epoxide rings is 1. The van der Waals surface area contributed by atoms with E-state index < -0.39 is 41.0 Å². The third-order valence-corrected chi connectivity index (χ3v) is 7.80. The summed E-state index contributed by atoms with van der Waals surface area (Å²) >= 11 is 0. The van der Waals surface area contributed by atoms with Crippen molar-refractivity contribution in [3.8, 4) is 5.75 Å². The highest BCUT2D eigenvalue weighted by Crippen LogP contribution is 2.52. The van der Waals surface area contributed by atoms with Gasteiger partial charge >= 0.3 is 11.9 Å². The maximum atomic E-state index is 12.5. The van der Waals surface area contributed by atoms with Gasteiger partial charge in [0.25, 0.3) is 0 Å².